The highest BCUT2D eigenvalue weighted by atomic mass is 16.4. The van der Waals surface area contributed by atoms with Gasteiger partial charge in [-0.1, -0.05) is 6.92 Å². The number of rotatable bonds is 4. The van der Waals surface area contributed by atoms with Crippen molar-refractivity contribution in [3.05, 3.63) is 17.3 Å². The van der Waals surface area contributed by atoms with Gasteiger partial charge in [-0.05, 0) is 13.3 Å². The maximum atomic E-state index is 11.8. The van der Waals surface area contributed by atoms with Crippen molar-refractivity contribution in [2.45, 2.75) is 39.7 Å². The highest BCUT2D eigenvalue weighted by molar-refractivity contribution is 5.92. The minimum atomic E-state index is -0.305. The second-order valence-corrected chi connectivity index (χ2v) is 3.59. The molecule has 1 N–H and O–H groups in total. The smallest absolute Gasteiger partial charge is 0.289 e. The van der Waals surface area contributed by atoms with Crippen molar-refractivity contribution in [2.75, 3.05) is 0 Å². The van der Waals surface area contributed by atoms with Gasteiger partial charge in [-0.15, -0.1) is 0 Å². The van der Waals surface area contributed by atoms with E-state index < -0.39 is 0 Å². The number of nitrogens with zero attached hydrogens (tertiary/aromatic N) is 2. The Morgan fingerprint density at radius 2 is 2.31 bits per heavy atom. The number of nitrogens with one attached hydrogen (secondary N) is 1. The first-order chi connectivity index (χ1) is 7.58. The van der Waals surface area contributed by atoms with Gasteiger partial charge in [0.25, 0.3) is 5.91 Å². The van der Waals surface area contributed by atoms with Crippen LogP contribution in [0.4, 0.5) is 0 Å². The average molecular weight is 221 g/mol. The Kier molecular flexibility index (Phi) is 4.06. The fraction of sp³-hybridized carbons (Fsp3) is 0.545. The molecular weight excluding hydrogens is 206 g/mol. The molecule has 0 radical (unpaired) electrons. The Bertz CT molecular complexity index is 417. The van der Waals surface area contributed by atoms with Crippen LogP contribution in [0.15, 0.2) is 4.42 Å². The first kappa shape index (κ1) is 12.2. The molecule has 0 bridgehead atoms. The van der Waals surface area contributed by atoms with E-state index in [1.165, 1.54) is 0 Å². The van der Waals surface area contributed by atoms with Crippen molar-refractivity contribution < 1.29 is 9.21 Å². The Morgan fingerprint density at radius 3 is 2.75 bits per heavy atom. The standard InChI is InChI=1S/C11H15N3O2/c1-4-9(5-6-12)14-11(15)10-7(2)13-8(3)16-10/h9H,4-5H2,1-3H3,(H,14,15). The predicted molar refractivity (Wildman–Crippen MR) is 57.8 cm³/mol. The summed E-state index contributed by atoms with van der Waals surface area (Å²) in [5.74, 6) is 0.394. The van der Waals surface area contributed by atoms with Crippen molar-refractivity contribution in [1.29, 1.82) is 5.26 Å². The summed E-state index contributed by atoms with van der Waals surface area (Å²) in [4.78, 5) is 15.8. The molecule has 1 aromatic heterocycles. The quantitative estimate of drug-likeness (QED) is 0.839. The predicted octanol–water partition coefficient (Wildman–Crippen LogP) is 1.71. The van der Waals surface area contributed by atoms with E-state index in [0.29, 0.717) is 24.4 Å². The Morgan fingerprint density at radius 1 is 1.62 bits per heavy atom. The van der Waals surface area contributed by atoms with Gasteiger partial charge in [-0.3, -0.25) is 4.79 Å². The van der Waals surface area contributed by atoms with E-state index in [1.807, 2.05) is 13.0 Å². The minimum Gasteiger partial charge on any atom is -0.436 e. The minimum absolute atomic E-state index is 0.137. The van der Waals surface area contributed by atoms with Crippen LogP contribution >= 0.6 is 0 Å². The fourth-order valence-electron chi connectivity index (χ4n) is 1.40. The molecule has 0 aromatic carbocycles. The summed E-state index contributed by atoms with van der Waals surface area (Å²) in [5, 5.41) is 11.3. The van der Waals surface area contributed by atoms with Crippen LogP contribution in [0.5, 0.6) is 0 Å². The van der Waals surface area contributed by atoms with Gasteiger partial charge in [0.05, 0.1) is 18.2 Å². The maximum Gasteiger partial charge on any atom is 0.289 e. The summed E-state index contributed by atoms with van der Waals surface area (Å²) in [6, 6.07) is 1.90. The number of carbonyl (C=O) groups is 1. The highest BCUT2D eigenvalue weighted by Crippen LogP contribution is 2.10. The van der Waals surface area contributed by atoms with Crippen molar-refractivity contribution in [3.8, 4) is 6.07 Å². The highest BCUT2D eigenvalue weighted by Gasteiger charge is 2.18. The third-order valence-corrected chi connectivity index (χ3v) is 2.28. The first-order valence-electron chi connectivity index (χ1n) is 5.20. The zero-order valence-corrected chi connectivity index (χ0v) is 9.70. The molecule has 0 aliphatic heterocycles. The fourth-order valence-corrected chi connectivity index (χ4v) is 1.40. The average Bonchev–Trinajstić information content (AvgIpc) is 2.57. The van der Waals surface area contributed by atoms with Crippen molar-refractivity contribution in [2.24, 2.45) is 0 Å². The molecule has 86 valence electrons. The lowest BCUT2D eigenvalue weighted by Crippen LogP contribution is -2.34. The molecule has 1 amide bonds. The summed E-state index contributed by atoms with van der Waals surface area (Å²) in [5.41, 5.74) is 0.571. The van der Waals surface area contributed by atoms with Gasteiger partial charge in [0.2, 0.25) is 5.76 Å². The number of aromatic nitrogens is 1. The van der Waals surface area contributed by atoms with Gasteiger partial charge < -0.3 is 9.73 Å². The molecule has 0 aliphatic rings. The van der Waals surface area contributed by atoms with Crippen molar-refractivity contribution in [3.63, 3.8) is 0 Å². The summed E-state index contributed by atoms with van der Waals surface area (Å²) in [6.45, 7) is 5.33. The molecule has 1 heterocycles. The van der Waals surface area contributed by atoms with Crippen LogP contribution in [0.1, 0.15) is 41.9 Å². The molecule has 0 saturated carbocycles. The van der Waals surface area contributed by atoms with Crippen LogP contribution < -0.4 is 5.32 Å². The van der Waals surface area contributed by atoms with Gasteiger partial charge in [-0.25, -0.2) is 4.98 Å². The van der Waals surface area contributed by atoms with Crippen LogP contribution in [-0.2, 0) is 0 Å². The molecule has 0 saturated heterocycles. The summed E-state index contributed by atoms with van der Waals surface area (Å²) >= 11 is 0. The molecule has 1 rings (SSSR count). The number of nitriles is 1. The van der Waals surface area contributed by atoms with Crippen LogP contribution in [0, 0.1) is 25.2 Å². The topological polar surface area (TPSA) is 78.9 Å². The molecule has 0 aliphatic carbocycles. The summed E-state index contributed by atoms with van der Waals surface area (Å²) < 4.78 is 5.19. The Balaban J connectivity index is 2.72. The zero-order valence-electron chi connectivity index (χ0n) is 9.70. The monoisotopic (exact) mass is 221 g/mol. The Labute approximate surface area is 94.5 Å². The van der Waals surface area contributed by atoms with Crippen molar-refractivity contribution in [1.82, 2.24) is 10.3 Å². The number of carbonyl (C=O) groups excluding carboxylic acids is 1. The first-order valence-corrected chi connectivity index (χ1v) is 5.20. The van der Waals surface area contributed by atoms with Crippen LogP contribution in [0.3, 0.4) is 0 Å². The third-order valence-electron chi connectivity index (χ3n) is 2.28. The van der Waals surface area contributed by atoms with Crippen LogP contribution in [-0.4, -0.2) is 16.9 Å². The zero-order chi connectivity index (χ0) is 12.1. The van der Waals surface area contributed by atoms with E-state index in [2.05, 4.69) is 10.3 Å². The van der Waals surface area contributed by atoms with Gasteiger partial charge >= 0.3 is 0 Å². The molecule has 0 fully saturated rings. The van der Waals surface area contributed by atoms with Gasteiger partial charge in [-0.2, -0.15) is 5.26 Å². The number of hydrogen-bond acceptors (Lipinski definition) is 4. The second kappa shape index (κ2) is 5.31. The molecule has 5 nitrogen and oxygen atoms in total. The summed E-state index contributed by atoms with van der Waals surface area (Å²) in [6.07, 6.45) is 1.01. The number of aryl methyl sites for hydroxylation is 2. The van der Waals surface area contributed by atoms with E-state index >= 15 is 0 Å². The van der Waals surface area contributed by atoms with Crippen molar-refractivity contribution >= 4 is 5.91 Å². The lowest BCUT2D eigenvalue weighted by atomic mass is 10.1. The van der Waals surface area contributed by atoms with Crippen LogP contribution in [0.2, 0.25) is 0 Å². The Hall–Kier alpha value is -1.83. The molecule has 1 aromatic rings. The van der Waals surface area contributed by atoms with E-state index in [-0.39, 0.29) is 17.7 Å². The van der Waals surface area contributed by atoms with Gasteiger partial charge in [0.1, 0.15) is 0 Å². The second-order valence-electron chi connectivity index (χ2n) is 3.59. The van der Waals surface area contributed by atoms with E-state index in [0.717, 1.165) is 0 Å². The molecule has 16 heavy (non-hydrogen) atoms. The van der Waals surface area contributed by atoms with E-state index in [9.17, 15) is 4.79 Å². The number of hydrogen-bond donors (Lipinski definition) is 1. The van der Waals surface area contributed by atoms with Crippen LogP contribution in [0.25, 0.3) is 0 Å². The normalized spacial score (nSPS) is 11.9. The molecule has 1 unspecified atom stereocenters. The maximum absolute atomic E-state index is 11.8. The SMILES string of the molecule is CCC(CC#N)NC(=O)c1oc(C)nc1C. The lowest BCUT2D eigenvalue weighted by Gasteiger charge is -2.12. The molecule has 0 spiro atoms. The number of amides is 1. The van der Waals surface area contributed by atoms with Gasteiger partial charge in [0, 0.05) is 13.0 Å². The molecule has 5 heteroatoms. The molecular formula is C11H15N3O2. The van der Waals surface area contributed by atoms with E-state index in [1.54, 1.807) is 13.8 Å². The van der Waals surface area contributed by atoms with Gasteiger partial charge in [0.15, 0.2) is 5.89 Å². The third kappa shape index (κ3) is 2.83. The summed E-state index contributed by atoms with van der Waals surface area (Å²) in [7, 11) is 0. The number of oxazole rings is 1. The molecule has 1 atom stereocenters. The largest absolute Gasteiger partial charge is 0.436 e. The lowest BCUT2D eigenvalue weighted by molar-refractivity contribution is 0.0906. The van der Waals surface area contributed by atoms with E-state index in [4.69, 9.17) is 9.68 Å².